The Kier molecular flexibility index (Phi) is 6.40. The number of fused-ring (bicyclic) bond motifs is 2. The summed E-state index contributed by atoms with van der Waals surface area (Å²) >= 11 is 0. The highest BCUT2D eigenvalue weighted by Gasteiger charge is 2.30. The maximum atomic E-state index is 11.2. The number of carboxylic acid groups (broad SMARTS) is 1. The van der Waals surface area contributed by atoms with Crippen LogP contribution < -0.4 is 10.6 Å². The number of carbonyl (C=O) groups is 1. The number of aliphatic hydroxyl groups excluding tert-OH is 1. The average molecular weight is 493 g/mol. The summed E-state index contributed by atoms with van der Waals surface area (Å²) in [6, 6.07) is 5.96. The van der Waals surface area contributed by atoms with E-state index in [1.807, 2.05) is 52.6 Å². The Morgan fingerprint density at radius 2 is 2.08 bits per heavy atom. The Labute approximate surface area is 208 Å². The molecule has 1 aliphatic heterocycles. The summed E-state index contributed by atoms with van der Waals surface area (Å²) in [4.78, 5) is 22.0. The Morgan fingerprint density at radius 3 is 2.81 bits per heavy atom. The molecule has 0 unspecified atom stereocenters. The lowest BCUT2D eigenvalue weighted by atomic mass is 9.94. The maximum Gasteiger partial charge on any atom is 0.407 e. The van der Waals surface area contributed by atoms with Gasteiger partial charge in [-0.25, -0.2) is 14.8 Å². The zero-order valence-electron chi connectivity index (χ0n) is 20.7. The van der Waals surface area contributed by atoms with E-state index in [-0.39, 0.29) is 18.4 Å². The Balaban J connectivity index is 1.36. The van der Waals surface area contributed by atoms with Crippen LogP contribution in [0.2, 0.25) is 0 Å². The largest absolute Gasteiger partial charge is 0.465 e. The van der Waals surface area contributed by atoms with Crippen molar-refractivity contribution in [3.63, 3.8) is 0 Å². The monoisotopic (exact) mass is 492 g/mol. The summed E-state index contributed by atoms with van der Waals surface area (Å²) in [5.41, 5.74) is 4.77. The highest BCUT2D eigenvalue weighted by molar-refractivity contribution is 5.65. The molecule has 0 radical (unpaired) electrons. The van der Waals surface area contributed by atoms with Gasteiger partial charge in [0.05, 0.1) is 31.1 Å². The van der Waals surface area contributed by atoms with Gasteiger partial charge in [-0.05, 0) is 30.9 Å². The molecule has 190 valence electrons. The fourth-order valence-electron chi connectivity index (χ4n) is 4.70. The van der Waals surface area contributed by atoms with Crippen LogP contribution in [0.1, 0.15) is 43.0 Å². The van der Waals surface area contributed by atoms with Crippen molar-refractivity contribution in [1.82, 2.24) is 28.9 Å². The van der Waals surface area contributed by atoms with Crippen LogP contribution in [0, 0.1) is 12.8 Å². The third kappa shape index (κ3) is 4.66. The minimum absolute atomic E-state index is 0.0641. The van der Waals surface area contributed by atoms with E-state index < -0.39 is 12.2 Å². The van der Waals surface area contributed by atoms with Crippen LogP contribution in [0.25, 0.3) is 11.3 Å². The van der Waals surface area contributed by atoms with Crippen LogP contribution in [0.3, 0.4) is 0 Å². The lowest BCUT2D eigenvalue weighted by Crippen LogP contribution is -2.47. The molecule has 1 fully saturated rings. The van der Waals surface area contributed by atoms with Gasteiger partial charge in [0.15, 0.2) is 5.65 Å². The highest BCUT2D eigenvalue weighted by Crippen LogP contribution is 2.25. The van der Waals surface area contributed by atoms with Crippen molar-refractivity contribution in [2.24, 2.45) is 5.92 Å². The first-order valence-electron chi connectivity index (χ1n) is 12.3. The van der Waals surface area contributed by atoms with Gasteiger partial charge in [-0.3, -0.25) is 0 Å². The molecule has 4 N–H and O–H groups in total. The zero-order valence-corrected chi connectivity index (χ0v) is 20.7. The number of anilines is 2. The number of aromatic nitrogens is 5. The number of nitrogens with zero attached hydrogens (tertiary/aromatic N) is 6. The molecule has 0 saturated carbocycles. The van der Waals surface area contributed by atoms with E-state index in [0.717, 1.165) is 33.9 Å². The summed E-state index contributed by atoms with van der Waals surface area (Å²) in [7, 11) is 0. The number of rotatable bonds is 7. The van der Waals surface area contributed by atoms with Gasteiger partial charge in [-0.15, -0.1) is 0 Å². The van der Waals surface area contributed by atoms with Crippen LogP contribution >= 0.6 is 0 Å². The molecule has 2 atom stereocenters. The minimum atomic E-state index is -0.994. The molecule has 36 heavy (non-hydrogen) atoms. The second-order valence-electron chi connectivity index (χ2n) is 9.75. The number of aryl methyl sites for hydroxylation is 1. The number of nitrogens with one attached hydrogen (secondary N) is 2. The van der Waals surface area contributed by atoms with Crippen molar-refractivity contribution in [3.8, 4) is 0 Å². The summed E-state index contributed by atoms with van der Waals surface area (Å²) in [5.74, 6) is 1.64. The molecule has 5 rings (SSSR count). The second-order valence-corrected chi connectivity index (χ2v) is 9.75. The van der Waals surface area contributed by atoms with Crippen LogP contribution in [-0.2, 0) is 6.54 Å². The molecule has 1 aliphatic rings. The van der Waals surface area contributed by atoms with E-state index in [2.05, 4.69) is 29.6 Å². The molecule has 11 heteroatoms. The summed E-state index contributed by atoms with van der Waals surface area (Å²) in [6.45, 7) is 7.81. The molecule has 5 heterocycles. The molecular weight excluding hydrogens is 460 g/mol. The SMILES string of the molecule is Cc1cccn2cc(CNc3cc(NC[C@H]4CCN(C(=O)O)C[C@@H]4O)nc4c(C(C)C)cnn34)nc12. The van der Waals surface area contributed by atoms with Crippen molar-refractivity contribution in [3.05, 3.63) is 53.6 Å². The number of amides is 1. The number of imidazole rings is 1. The maximum absolute atomic E-state index is 11.2. The molecule has 0 aliphatic carbocycles. The van der Waals surface area contributed by atoms with E-state index >= 15 is 0 Å². The van der Waals surface area contributed by atoms with Crippen molar-refractivity contribution in [2.45, 2.75) is 45.8 Å². The van der Waals surface area contributed by atoms with Gasteiger partial charge < -0.3 is 30.1 Å². The van der Waals surface area contributed by atoms with Crippen LogP contribution in [0.15, 0.2) is 36.8 Å². The number of piperidine rings is 1. The van der Waals surface area contributed by atoms with Gasteiger partial charge in [0.25, 0.3) is 0 Å². The standard InChI is InChI=1S/C25H32N8O3/c1-15(2)19-12-28-33-22(27-11-18-13-31-7-4-5-16(3)23(31)29-18)9-21(30-24(19)33)26-10-17-6-8-32(25(35)36)14-20(17)34/h4-5,7,9,12-13,15,17,20,27,34H,6,8,10-11,14H2,1-3H3,(H,26,30)(H,35,36)/t17-,20+/m1/s1. The second kappa shape index (κ2) is 9.65. The van der Waals surface area contributed by atoms with Crippen LogP contribution in [-0.4, -0.2) is 70.9 Å². The van der Waals surface area contributed by atoms with E-state index in [1.54, 1.807) is 0 Å². The lowest BCUT2D eigenvalue weighted by Gasteiger charge is -2.34. The third-order valence-corrected chi connectivity index (χ3v) is 6.84. The van der Waals surface area contributed by atoms with E-state index in [0.29, 0.717) is 31.9 Å². The molecule has 0 spiro atoms. The first-order chi connectivity index (χ1) is 17.3. The fourth-order valence-corrected chi connectivity index (χ4v) is 4.70. The smallest absolute Gasteiger partial charge is 0.407 e. The Bertz CT molecular complexity index is 1390. The van der Waals surface area contributed by atoms with Crippen molar-refractivity contribution in [1.29, 1.82) is 0 Å². The van der Waals surface area contributed by atoms with Gasteiger partial charge in [0.1, 0.15) is 17.3 Å². The number of hydrogen-bond acceptors (Lipinski definition) is 7. The summed E-state index contributed by atoms with van der Waals surface area (Å²) in [5, 5.41) is 31.1. The average Bonchev–Trinajstić information content (AvgIpc) is 3.46. The molecule has 0 aromatic carbocycles. The lowest BCUT2D eigenvalue weighted by molar-refractivity contribution is 0.0294. The van der Waals surface area contributed by atoms with Gasteiger partial charge in [-0.2, -0.15) is 9.61 Å². The van der Waals surface area contributed by atoms with Gasteiger partial charge in [-0.1, -0.05) is 19.9 Å². The van der Waals surface area contributed by atoms with Gasteiger partial charge in [0, 0.05) is 43.0 Å². The predicted octanol–water partition coefficient (Wildman–Crippen LogP) is 3.19. The number of hydrogen-bond donors (Lipinski definition) is 4. The number of pyridine rings is 1. The fraction of sp³-hybridized carbons (Fsp3) is 0.440. The Hall–Kier alpha value is -3.86. The molecule has 1 amide bonds. The summed E-state index contributed by atoms with van der Waals surface area (Å²) < 4.78 is 3.83. The predicted molar refractivity (Wildman–Crippen MR) is 137 cm³/mol. The topological polar surface area (TPSA) is 132 Å². The van der Waals surface area contributed by atoms with Crippen molar-refractivity contribution < 1.29 is 15.0 Å². The van der Waals surface area contributed by atoms with Crippen molar-refractivity contribution >= 4 is 29.0 Å². The molecule has 11 nitrogen and oxygen atoms in total. The molecule has 4 aromatic rings. The Morgan fingerprint density at radius 1 is 1.25 bits per heavy atom. The van der Waals surface area contributed by atoms with Gasteiger partial charge in [0.2, 0.25) is 0 Å². The first kappa shape index (κ1) is 23.9. The van der Waals surface area contributed by atoms with Crippen LogP contribution in [0.5, 0.6) is 0 Å². The summed E-state index contributed by atoms with van der Waals surface area (Å²) in [6.07, 6.45) is 4.73. The number of β-amino-alcohol motifs (C(OH)–C–C–N with tert-alkyl or cyclic N) is 1. The normalized spacial score (nSPS) is 18.3. The van der Waals surface area contributed by atoms with E-state index in [1.165, 1.54) is 4.90 Å². The number of aliphatic hydroxyl groups is 1. The van der Waals surface area contributed by atoms with E-state index in [4.69, 9.17) is 9.97 Å². The molecule has 1 saturated heterocycles. The van der Waals surface area contributed by atoms with Gasteiger partial charge >= 0.3 is 6.09 Å². The molecular formula is C25H32N8O3. The highest BCUT2D eigenvalue weighted by atomic mass is 16.4. The molecule has 4 aromatic heterocycles. The van der Waals surface area contributed by atoms with Crippen molar-refractivity contribution in [2.75, 3.05) is 30.3 Å². The van der Waals surface area contributed by atoms with E-state index in [9.17, 15) is 15.0 Å². The zero-order chi connectivity index (χ0) is 25.4. The third-order valence-electron chi connectivity index (χ3n) is 6.84. The number of likely N-dealkylation sites (tertiary alicyclic amines) is 1. The van der Waals surface area contributed by atoms with Crippen LogP contribution in [0.4, 0.5) is 16.4 Å². The minimum Gasteiger partial charge on any atom is -0.465 e. The first-order valence-corrected chi connectivity index (χ1v) is 12.3. The molecule has 0 bridgehead atoms. The quantitative estimate of drug-likeness (QED) is 0.309.